The van der Waals surface area contributed by atoms with Gasteiger partial charge in [0.1, 0.15) is 23.9 Å². The molecular formula is C34H41N2O8PSi. The van der Waals surface area contributed by atoms with Crippen LogP contribution in [-0.4, -0.2) is 52.6 Å². The van der Waals surface area contributed by atoms with Gasteiger partial charge in [-0.2, -0.15) is 0 Å². The van der Waals surface area contributed by atoms with E-state index in [0.717, 1.165) is 16.7 Å². The molecule has 46 heavy (non-hydrogen) atoms. The van der Waals surface area contributed by atoms with Gasteiger partial charge >= 0.3 is 14.3 Å². The lowest BCUT2D eigenvalue weighted by atomic mass is 9.80. The van der Waals surface area contributed by atoms with Gasteiger partial charge in [-0.3, -0.25) is 14.3 Å². The SMILES string of the molecule is CC(C)(C)[Si](C)(C)O[C@@H]1[C@H](OP(O)O)[C@@H](COC(c2ccccc2)(c2ccccc2)c2ccccc2)O[C@H]1n1ccc(=O)[nH]c1=O. The fraction of sp³-hybridized carbons (Fsp3) is 0.353. The molecule has 1 aliphatic rings. The molecule has 0 radical (unpaired) electrons. The summed E-state index contributed by atoms with van der Waals surface area (Å²) >= 11 is 0. The number of nitrogens with zero attached hydrogens (tertiary/aromatic N) is 1. The van der Waals surface area contributed by atoms with Crippen LogP contribution < -0.4 is 11.2 Å². The number of benzene rings is 3. The molecule has 4 atom stereocenters. The third-order valence-corrected chi connectivity index (χ3v) is 13.8. The summed E-state index contributed by atoms with van der Waals surface area (Å²) in [5, 5.41) is -0.237. The predicted molar refractivity (Wildman–Crippen MR) is 179 cm³/mol. The van der Waals surface area contributed by atoms with Gasteiger partial charge in [-0.05, 0) is 34.8 Å². The van der Waals surface area contributed by atoms with Gasteiger partial charge in [-0.1, -0.05) is 112 Å². The summed E-state index contributed by atoms with van der Waals surface area (Å²) in [4.78, 5) is 47.6. The molecular weight excluding hydrogens is 623 g/mol. The Kier molecular flexibility index (Phi) is 10.3. The Labute approximate surface area is 270 Å². The second kappa shape index (κ2) is 13.8. The van der Waals surface area contributed by atoms with E-state index in [1.165, 1.54) is 16.8 Å². The Morgan fingerprint density at radius 2 is 1.33 bits per heavy atom. The van der Waals surface area contributed by atoms with E-state index in [9.17, 15) is 19.4 Å². The molecule has 0 aliphatic carbocycles. The van der Waals surface area contributed by atoms with Gasteiger partial charge in [0.2, 0.25) is 0 Å². The molecule has 244 valence electrons. The second-order valence-electron chi connectivity index (χ2n) is 12.8. The molecule has 3 N–H and O–H groups in total. The molecule has 0 unspecified atom stereocenters. The summed E-state index contributed by atoms with van der Waals surface area (Å²) in [5.41, 5.74) is 0.278. The Balaban J connectivity index is 1.62. The van der Waals surface area contributed by atoms with E-state index in [0.29, 0.717) is 0 Å². The Morgan fingerprint density at radius 1 is 0.826 bits per heavy atom. The van der Waals surface area contributed by atoms with Crippen molar-refractivity contribution >= 4 is 16.9 Å². The van der Waals surface area contributed by atoms with Crippen LogP contribution in [0, 0.1) is 0 Å². The van der Waals surface area contributed by atoms with Crippen molar-refractivity contribution in [3.05, 3.63) is 141 Å². The van der Waals surface area contributed by atoms with Gasteiger partial charge in [-0.15, -0.1) is 0 Å². The first-order chi connectivity index (χ1) is 21.8. The van der Waals surface area contributed by atoms with Crippen LogP contribution in [0.5, 0.6) is 0 Å². The number of aromatic nitrogens is 2. The maximum Gasteiger partial charge on any atom is 0.330 e. The van der Waals surface area contributed by atoms with E-state index < -0.39 is 58.3 Å². The molecule has 1 saturated heterocycles. The van der Waals surface area contributed by atoms with Crippen molar-refractivity contribution in [2.24, 2.45) is 0 Å². The number of hydrogen-bond acceptors (Lipinski definition) is 8. The zero-order valence-electron chi connectivity index (χ0n) is 26.6. The summed E-state index contributed by atoms with van der Waals surface area (Å²) < 4.78 is 27.4. The molecule has 5 rings (SSSR count). The Bertz CT molecular complexity index is 1600. The predicted octanol–water partition coefficient (Wildman–Crippen LogP) is 5.43. The highest BCUT2D eigenvalue weighted by atomic mass is 31.2. The standard InChI is InChI=1S/C34H41N2O8PSi/c1-33(2,3)46(4,5)44-30-29(43-45(39)40)27(42-31(30)36-22-21-28(37)35-32(36)38)23-41-34(24-15-9-6-10-16-24,25-17-11-7-12-18-25)26-19-13-8-14-20-26/h6-22,27,29-31,39-40H,23H2,1-5H3,(H,35,37,38)/t27-,29-,30-,31-/m1/s1. The summed E-state index contributed by atoms with van der Waals surface area (Å²) in [5.74, 6) is 0. The van der Waals surface area contributed by atoms with E-state index in [4.69, 9.17) is 18.4 Å². The molecule has 2 heterocycles. The van der Waals surface area contributed by atoms with Gasteiger partial charge < -0.3 is 28.2 Å². The lowest BCUT2D eigenvalue weighted by Gasteiger charge is -2.40. The highest BCUT2D eigenvalue weighted by Crippen LogP contribution is 2.46. The number of ether oxygens (including phenoxy) is 2. The fourth-order valence-corrected chi connectivity index (χ4v) is 7.31. The molecule has 0 spiro atoms. The largest absolute Gasteiger partial charge is 0.407 e. The molecule has 0 amide bonds. The van der Waals surface area contributed by atoms with Gasteiger partial charge in [0.05, 0.1) is 6.61 Å². The number of H-pyrrole nitrogens is 1. The monoisotopic (exact) mass is 664 g/mol. The van der Waals surface area contributed by atoms with E-state index in [1.54, 1.807) is 0 Å². The maximum absolute atomic E-state index is 13.1. The van der Waals surface area contributed by atoms with Gasteiger partial charge in [0.15, 0.2) is 14.5 Å². The van der Waals surface area contributed by atoms with E-state index in [1.807, 2.05) is 104 Å². The fourth-order valence-electron chi connectivity index (χ4n) is 5.55. The highest BCUT2D eigenvalue weighted by molar-refractivity contribution is 7.39. The highest BCUT2D eigenvalue weighted by Gasteiger charge is 2.53. The smallest absolute Gasteiger partial charge is 0.330 e. The van der Waals surface area contributed by atoms with Crippen molar-refractivity contribution in [3.8, 4) is 0 Å². The van der Waals surface area contributed by atoms with E-state index in [2.05, 4.69) is 25.8 Å². The minimum absolute atomic E-state index is 0.0848. The van der Waals surface area contributed by atoms with Gasteiger partial charge in [0, 0.05) is 12.3 Å². The van der Waals surface area contributed by atoms with Gasteiger partial charge in [-0.25, -0.2) is 4.79 Å². The molecule has 0 saturated carbocycles. The van der Waals surface area contributed by atoms with Crippen LogP contribution in [0.2, 0.25) is 18.1 Å². The zero-order valence-corrected chi connectivity index (χ0v) is 28.5. The zero-order chi connectivity index (χ0) is 33.1. The molecule has 10 nitrogen and oxygen atoms in total. The van der Waals surface area contributed by atoms with Crippen molar-refractivity contribution in [3.63, 3.8) is 0 Å². The van der Waals surface area contributed by atoms with Crippen LogP contribution in [-0.2, 0) is 24.0 Å². The van der Waals surface area contributed by atoms with Crippen molar-refractivity contribution in [1.29, 1.82) is 0 Å². The average Bonchev–Trinajstić information content (AvgIpc) is 3.33. The molecule has 1 aromatic heterocycles. The molecule has 0 bridgehead atoms. The Hall–Kier alpha value is -3.25. The van der Waals surface area contributed by atoms with Crippen molar-refractivity contribution in [1.82, 2.24) is 9.55 Å². The lowest BCUT2D eigenvalue weighted by molar-refractivity contribution is -0.0941. The second-order valence-corrected chi connectivity index (χ2v) is 18.3. The average molecular weight is 665 g/mol. The van der Waals surface area contributed by atoms with E-state index in [-0.39, 0.29) is 11.6 Å². The number of aromatic amines is 1. The molecule has 4 aromatic rings. The summed E-state index contributed by atoms with van der Waals surface area (Å²) in [7, 11) is -5.41. The quantitative estimate of drug-likeness (QED) is 0.110. The normalized spacial score (nSPS) is 20.7. The van der Waals surface area contributed by atoms with Crippen molar-refractivity contribution < 1.29 is 28.2 Å². The van der Waals surface area contributed by atoms with Crippen LogP contribution >= 0.6 is 8.60 Å². The van der Waals surface area contributed by atoms with Gasteiger partial charge in [0.25, 0.3) is 5.56 Å². The summed E-state index contributed by atoms with van der Waals surface area (Å²) in [6.45, 7) is 10.2. The minimum atomic E-state index is -2.85. The van der Waals surface area contributed by atoms with Crippen LogP contribution in [0.3, 0.4) is 0 Å². The first-order valence-corrected chi connectivity index (χ1v) is 19.2. The van der Waals surface area contributed by atoms with Crippen molar-refractivity contribution in [2.45, 2.75) is 69.0 Å². The first kappa shape index (κ1) is 34.1. The van der Waals surface area contributed by atoms with Crippen LogP contribution in [0.1, 0.15) is 43.7 Å². The van der Waals surface area contributed by atoms with E-state index >= 15 is 0 Å². The van der Waals surface area contributed by atoms with Crippen LogP contribution in [0.25, 0.3) is 0 Å². The molecule has 1 aliphatic heterocycles. The number of nitrogens with one attached hydrogen (secondary N) is 1. The maximum atomic E-state index is 13.1. The minimum Gasteiger partial charge on any atom is -0.407 e. The summed E-state index contributed by atoms with van der Waals surface area (Å²) in [6, 6.07) is 30.7. The topological polar surface area (TPSA) is 132 Å². The molecule has 12 heteroatoms. The first-order valence-electron chi connectivity index (χ1n) is 15.1. The lowest BCUT2D eigenvalue weighted by Crippen LogP contribution is -2.50. The Morgan fingerprint density at radius 3 is 1.76 bits per heavy atom. The van der Waals surface area contributed by atoms with Crippen LogP contribution in [0.4, 0.5) is 0 Å². The van der Waals surface area contributed by atoms with Crippen molar-refractivity contribution in [2.75, 3.05) is 6.61 Å². The third-order valence-electron chi connectivity index (χ3n) is 8.87. The molecule has 1 fully saturated rings. The third kappa shape index (κ3) is 7.02. The molecule has 3 aromatic carbocycles. The summed E-state index contributed by atoms with van der Waals surface area (Å²) in [6.07, 6.45) is -2.62. The number of rotatable bonds is 11. The number of hydrogen-bond donors (Lipinski definition) is 3. The van der Waals surface area contributed by atoms with Crippen LogP contribution in [0.15, 0.2) is 113 Å².